The number of anilines is 2. The molecule has 2 atom stereocenters. The summed E-state index contributed by atoms with van der Waals surface area (Å²) in [6.07, 6.45) is 2.71. The SMILES string of the molecule is CC(C)[C@H](NC(=O)CCOCCOCCOCCOCCNC(=O)CCC(=O)N1Cc2ccccc2C2=C(CC2)c2ccccc21)C(=O)N[C@@H](CCCNC(N)=O)C(=O)Nc1ccc(CO)cc1. The lowest BCUT2D eigenvalue weighted by Crippen LogP contribution is -2.54. The molecule has 0 radical (unpaired) electrons. The molecule has 0 saturated heterocycles. The summed E-state index contributed by atoms with van der Waals surface area (Å²) in [6, 6.07) is 20.3. The number of fused-ring (bicyclic) bond motifs is 4. The first kappa shape index (κ1) is 52.8. The van der Waals surface area contributed by atoms with Crippen LogP contribution < -0.4 is 37.2 Å². The Hall–Kier alpha value is -6.18. The molecule has 1 aliphatic heterocycles. The van der Waals surface area contributed by atoms with Gasteiger partial charge in [-0.05, 0) is 77.6 Å². The van der Waals surface area contributed by atoms with E-state index in [0.29, 0.717) is 63.8 Å². The number of amides is 7. The molecule has 3 aromatic rings. The molecule has 3 aromatic carbocycles. The van der Waals surface area contributed by atoms with E-state index < -0.39 is 35.8 Å². The van der Waals surface area contributed by atoms with E-state index in [1.807, 2.05) is 35.2 Å². The third-order valence-corrected chi connectivity index (χ3v) is 11.5. The van der Waals surface area contributed by atoms with Crippen LogP contribution in [0.1, 0.15) is 81.0 Å². The first-order valence-corrected chi connectivity index (χ1v) is 23.4. The van der Waals surface area contributed by atoms with Gasteiger partial charge in [0.15, 0.2) is 0 Å². The van der Waals surface area contributed by atoms with Gasteiger partial charge in [0.1, 0.15) is 12.1 Å². The number of carbonyl (C=O) groups excluding carboxylic acids is 6. The molecular formula is C50H67N7O11. The number of benzene rings is 3. The lowest BCUT2D eigenvalue weighted by atomic mass is 9.77. The molecule has 5 rings (SSSR count). The van der Waals surface area contributed by atoms with Gasteiger partial charge in [-0.15, -0.1) is 0 Å². The number of hydrogen-bond donors (Lipinski definition) is 7. The van der Waals surface area contributed by atoms with E-state index in [2.05, 4.69) is 44.8 Å². The van der Waals surface area contributed by atoms with Crippen LogP contribution >= 0.6 is 0 Å². The van der Waals surface area contributed by atoms with Gasteiger partial charge in [0.2, 0.25) is 29.5 Å². The van der Waals surface area contributed by atoms with E-state index in [4.69, 9.17) is 24.7 Å². The molecule has 18 nitrogen and oxygen atoms in total. The average Bonchev–Trinajstić information content (AvgIpc) is 3.31. The van der Waals surface area contributed by atoms with Gasteiger partial charge < -0.3 is 61.3 Å². The third-order valence-electron chi connectivity index (χ3n) is 11.5. The number of aliphatic hydroxyl groups excluding tert-OH is 1. The number of aliphatic hydroxyl groups is 1. The average molecular weight is 942 g/mol. The predicted molar refractivity (Wildman–Crippen MR) is 257 cm³/mol. The summed E-state index contributed by atoms with van der Waals surface area (Å²) in [4.78, 5) is 78.5. The van der Waals surface area contributed by atoms with Crippen molar-refractivity contribution < 1.29 is 52.8 Å². The molecule has 368 valence electrons. The number of urea groups is 1. The number of nitrogens with one attached hydrogen (secondary N) is 5. The number of carbonyl (C=O) groups is 6. The van der Waals surface area contributed by atoms with Crippen molar-refractivity contribution in [3.63, 3.8) is 0 Å². The van der Waals surface area contributed by atoms with Crippen LogP contribution in [-0.4, -0.2) is 119 Å². The Morgan fingerprint density at radius 3 is 1.93 bits per heavy atom. The van der Waals surface area contributed by atoms with Gasteiger partial charge in [0, 0.05) is 43.6 Å². The highest BCUT2D eigenvalue weighted by molar-refractivity contribution is 6.05. The minimum atomic E-state index is -0.980. The minimum Gasteiger partial charge on any atom is -0.392 e. The molecule has 7 amide bonds. The molecule has 2 aliphatic rings. The van der Waals surface area contributed by atoms with E-state index in [1.165, 1.54) is 16.7 Å². The molecule has 1 aliphatic carbocycles. The number of primary amides is 1. The van der Waals surface area contributed by atoms with Crippen LogP contribution in [0.3, 0.4) is 0 Å². The summed E-state index contributed by atoms with van der Waals surface area (Å²) >= 11 is 0. The third kappa shape index (κ3) is 16.9. The first-order valence-electron chi connectivity index (χ1n) is 23.4. The van der Waals surface area contributed by atoms with E-state index in [9.17, 15) is 33.9 Å². The zero-order valence-electron chi connectivity index (χ0n) is 39.1. The van der Waals surface area contributed by atoms with Crippen molar-refractivity contribution >= 4 is 58.1 Å². The monoisotopic (exact) mass is 941 g/mol. The Balaban J connectivity index is 0.877. The van der Waals surface area contributed by atoms with Crippen molar-refractivity contribution in [1.82, 2.24) is 21.3 Å². The van der Waals surface area contributed by atoms with Gasteiger partial charge in [0.25, 0.3) is 0 Å². The number of rotatable bonds is 29. The van der Waals surface area contributed by atoms with Crippen molar-refractivity contribution in [3.05, 3.63) is 95.1 Å². The largest absolute Gasteiger partial charge is 0.392 e. The van der Waals surface area contributed by atoms with Gasteiger partial charge in [-0.3, -0.25) is 24.0 Å². The van der Waals surface area contributed by atoms with E-state index >= 15 is 0 Å². The van der Waals surface area contributed by atoms with Crippen LogP contribution in [0.5, 0.6) is 0 Å². The summed E-state index contributed by atoms with van der Waals surface area (Å²) < 4.78 is 22.2. The minimum absolute atomic E-state index is 0.00108. The maximum atomic E-state index is 13.6. The molecule has 0 aromatic heterocycles. The smallest absolute Gasteiger partial charge is 0.312 e. The fraction of sp³-hybridized carbons (Fsp3) is 0.480. The number of para-hydroxylation sites is 1. The highest BCUT2D eigenvalue weighted by Gasteiger charge is 2.31. The van der Waals surface area contributed by atoms with Crippen LogP contribution in [0.25, 0.3) is 11.1 Å². The normalized spacial score (nSPS) is 13.7. The van der Waals surface area contributed by atoms with Crippen LogP contribution in [0.4, 0.5) is 16.2 Å². The second-order valence-corrected chi connectivity index (χ2v) is 16.8. The fourth-order valence-corrected chi connectivity index (χ4v) is 7.75. The Morgan fingerprint density at radius 1 is 0.662 bits per heavy atom. The van der Waals surface area contributed by atoms with Gasteiger partial charge in [-0.2, -0.15) is 0 Å². The Kier molecular flexibility index (Phi) is 21.9. The number of hydrogen-bond acceptors (Lipinski definition) is 11. The number of nitrogens with zero attached hydrogens (tertiary/aromatic N) is 1. The second kappa shape index (κ2) is 28.2. The summed E-state index contributed by atoms with van der Waals surface area (Å²) in [5, 5.41) is 22.8. The molecule has 0 bridgehead atoms. The summed E-state index contributed by atoms with van der Waals surface area (Å²) in [6.45, 7) is 6.64. The maximum Gasteiger partial charge on any atom is 0.312 e. The highest BCUT2D eigenvalue weighted by Crippen LogP contribution is 2.48. The van der Waals surface area contributed by atoms with E-state index in [1.54, 1.807) is 38.1 Å². The van der Waals surface area contributed by atoms with Crippen molar-refractivity contribution in [2.75, 3.05) is 76.2 Å². The van der Waals surface area contributed by atoms with Crippen molar-refractivity contribution in [1.29, 1.82) is 0 Å². The van der Waals surface area contributed by atoms with Gasteiger partial charge in [0.05, 0.1) is 71.7 Å². The number of nitrogens with two attached hydrogens (primary N) is 1. The van der Waals surface area contributed by atoms with Crippen molar-refractivity contribution in [3.8, 4) is 0 Å². The number of ether oxygens (including phenoxy) is 4. The topological polar surface area (TPSA) is 249 Å². The van der Waals surface area contributed by atoms with E-state index in [0.717, 1.165) is 29.7 Å². The van der Waals surface area contributed by atoms with Crippen LogP contribution in [-0.2, 0) is 56.1 Å². The van der Waals surface area contributed by atoms with Gasteiger partial charge in [-0.1, -0.05) is 68.4 Å². The van der Waals surface area contributed by atoms with Crippen LogP contribution in [0, 0.1) is 5.92 Å². The zero-order valence-corrected chi connectivity index (χ0v) is 39.1. The number of allylic oxidation sites excluding steroid dienone is 2. The maximum absolute atomic E-state index is 13.6. The molecule has 1 heterocycles. The zero-order chi connectivity index (χ0) is 48.7. The Bertz CT molecular complexity index is 2180. The summed E-state index contributed by atoms with van der Waals surface area (Å²) in [5.41, 5.74) is 13.2. The van der Waals surface area contributed by atoms with Crippen LogP contribution in [0.15, 0.2) is 72.8 Å². The van der Waals surface area contributed by atoms with Gasteiger partial charge in [-0.25, -0.2) is 4.79 Å². The van der Waals surface area contributed by atoms with E-state index in [-0.39, 0.29) is 76.4 Å². The molecule has 8 N–H and O–H groups in total. The quantitative estimate of drug-likeness (QED) is 0.0494. The molecular weight excluding hydrogens is 875 g/mol. The second-order valence-electron chi connectivity index (χ2n) is 16.8. The van der Waals surface area contributed by atoms with Crippen molar-refractivity contribution in [2.45, 2.75) is 84.0 Å². The molecule has 68 heavy (non-hydrogen) atoms. The molecule has 18 heteroatoms. The molecule has 0 spiro atoms. The molecule has 0 unspecified atom stereocenters. The predicted octanol–water partition coefficient (Wildman–Crippen LogP) is 3.80. The highest BCUT2D eigenvalue weighted by atomic mass is 16.6. The molecule has 0 saturated carbocycles. The standard InChI is InChI=1S/C50H67N7O11/c1-34(2)47(49(63)55-42(11-7-22-53-50(51)64)48(62)54-37-15-13-35(33-58)14-16-37)56-45(60)21-24-65-26-28-67-30-31-68-29-27-66-25-23-52-44(59)19-20-46(61)57-32-36-8-3-4-9-38(36)39-17-18-40(39)41-10-5-6-12-43(41)57/h3-6,8-10,12-16,34,42,47,58H,7,11,17-33H2,1-2H3,(H,52,59)(H,54,62)(H,55,63)(H,56,60)(H3,51,53,64)/t42-,47-/m0/s1. The van der Waals surface area contributed by atoms with Gasteiger partial charge >= 0.3 is 6.03 Å². The lowest BCUT2D eigenvalue weighted by molar-refractivity contribution is -0.132. The Labute approximate surface area is 398 Å². The lowest BCUT2D eigenvalue weighted by Gasteiger charge is -2.35. The van der Waals surface area contributed by atoms with Crippen molar-refractivity contribution in [2.24, 2.45) is 11.7 Å². The fourth-order valence-electron chi connectivity index (χ4n) is 7.75. The summed E-state index contributed by atoms with van der Waals surface area (Å²) in [5.74, 6) is -2.04. The summed E-state index contributed by atoms with van der Waals surface area (Å²) in [7, 11) is 0. The molecule has 0 fully saturated rings. The Morgan fingerprint density at radius 2 is 1.28 bits per heavy atom. The van der Waals surface area contributed by atoms with Crippen LogP contribution in [0.2, 0.25) is 0 Å². The first-order chi connectivity index (χ1) is 32.9.